The van der Waals surface area contributed by atoms with E-state index in [4.69, 9.17) is 5.11 Å². The van der Waals surface area contributed by atoms with Crippen molar-refractivity contribution in [2.45, 2.75) is 19.9 Å². The van der Waals surface area contributed by atoms with Gasteiger partial charge in [-0.15, -0.1) is 0 Å². The molecule has 0 fully saturated rings. The van der Waals surface area contributed by atoms with Gasteiger partial charge in [-0.3, -0.25) is 4.79 Å². The van der Waals surface area contributed by atoms with Crippen LogP contribution in [-0.4, -0.2) is 49.6 Å². The van der Waals surface area contributed by atoms with E-state index in [1.165, 1.54) is 13.8 Å². The number of amides is 2. The Hall–Kier alpha value is -1.31. The van der Waals surface area contributed by atoms with E-state index in [1.54, 1.807) is 0 Å². The Labute approximate surface area is 94.1 Å². The van der Waals surface area contributed by atoms with E-state index in [9.17, 15) is 18.0 Å². The van der Waals surface area contributed by atoms with Gasteiger partial charge >= 0.3 is 12.0 Å². The molecular weight excluding hydrogens is 236 g/mol. The number of hydrogen-bond donors (Lipinski definition) is 3. The summed E-state index contributed by atoms with van der Waals surface area (Å²) in [4.78, 5) is 21.4. The second-order valence-electron chi connectivity index (χ2n) is 3.20. The average Bonchev–Trinajstić information content (AvgIpc) is 2.17. The van der Waals surface area contributed by atoms with Crippen LogP contribution in [0.5, 0.6) is 0 Å². The Morgan fingerprint density at radius 3 is 2.38 bits per heavy atom. The first-order valence-corrected chi connectivity index (χ1v) is 6.58. The smallest absolute Gasteiger partial charge is 0.325 e. The van der Waals surface area contributed by atoms with Crippen LogP contribution in [0.1, 0.15) is 13.8 Å². The fourth-order valence-corrected chi connectivity index (χ4v) is 1.48. The van der Waals surface area contributed by atoms with E-state index in [0.29, 0.717) is 0 Å². The summed E-state index contributed by atoms with van der Waals surface area (Å²) in [6.45, 7) is 2.79. The lowest BCUT2D eigenvalue weighted by Gasteiger charge is -2.10. The molecule has 0 aromatic rings. The van der Waals surface area contributed by atoms with E-state index in [1.807, 2.05) is 0 Å². The predicted octanol–water partition coefficient (Wildman–Crippen LogP) is -0.807. The van der Waals surface area contributed by atoms with Crippen LogP contribution in [0.3, 0.4) is 0 Å². The maximum atomic E-state index is 11.1. The van der Waals surface area contributed by atoms with Crippen LogP contribution in [0.4, 0.5) is 4.79 Å². The van der Waals surface area contributed by atoms with Gasteiger partial charge in [0.1, 0.15) is 6.04 Å². The van der Waals surface area contributed by atoms with E-state index in [-0.39, 0.29) is 18.1 Å². The molecule has 2 amide bonds. The number of rotatable bonds is 6. The molecule has 0 heterocycles. The summed E-state index contributed by atoms with van der Waals surface area (Å²) in [5.74, 6) is -1.29. The Kier molecular flexibility index (Phi) is 5.79. The molecule has 3 N–H and O–H groups in total. The van der Waals surface area contributed by atoms with Gasteiger partial charge in [0, 0.05) is 12.3 Å². The highest BCUT2D eigenvalue weighted by atomic mass is 32.2. The van der Waals surface area contributed by atoms with Crippen LogP contribution in [0.15, 0.2) is 0 Å². The Morgan fingerprint density at radius 2 is 1.94 bits per heavy atom. The fourth-order valence-electron chi connectivity index (χ4n) is 0.774. The molecule has 0 saturated heterocycles. The van der Waals surface area contributed by atoms with Crippen molar-refractivity contribution < 1.29 is 23.1 Å². The van der Waals surface area contributed by atoms with Gasteiger partial charge in [-0.2, -0.15) is 0 Å². The summed E-state index contributed by atoms with van der Waals surface area (Å²) < 4.78 is 22.1. The molecule has 0 aliphatic rings. The minimum atomic E-state index is -3.12. The molecule has 7 nitrogen and oxygen atoms in total. The van der Waals surface area contributed by atoms with Crippen LogP contribution < -0.4 is 10.6 Å². The second kappa shape index (κ2) is 6.31. The zero-order valence-electron chi connectivity index (χ0n) is 9.19. The highest BCUT2D eigenvalue weighted by Crippen LogP contribution is 1.87. The van der Waals surface area contributed by atoms with Gasteiger partial charge in [0.15, 0.2) is 9.84 Å². The number of carbonyl (C=O) groups is 2. The zero-order chi connectivity index (χ0) is 12.8. The SMILES string of the molecule is CCS(=O)(=O)CCNC(=O)N[C@@H](C)C(=O)O. The van der Waals surface area contributed by atoms with Crippen LogP contribution in [0.25, 0.3) is 0 Å². The minimum Gasteiger partial charge on any atom is -0.480 e. The van der Waals surface area contributed by atoms with Crippen LogP contribution >= 0.6 is 0 Å². The third-order valence-electron chi connectivity index (χ3n) is 1.86. The van der Waals surface area contributed by atoms with Gasteiger partial charge in [0.2, 0.25) is 0 Å². The normalized spacial score (nSPS) is 12.9. The van der Waals surface area contributed by atoms with Crippen molar-refractivity contribution in [1.29, 1.82) is 0 Å². The molecule has 0 unspecified atom stereocenters. The molecule has 0 aromatic carbocycles. The highest BCUT2D eigenvalue weighted by Gasteiger charge is 2.14. The number of sulfone groups is 1. The van der Waals surface area contributed by atoms with E-state index < -0.39 is 27.9 Å². The molecule has 16 heavy (non-hydrogen) atoms. The fraction of sp³-hybridized carbons (Fsp3) is 0.750. The van der Waals surface area contributed by atoms with E-state index in [2.05, 4.69) is 10.6 Å². The summed E-state index contributed by atoms with van der Waals surface area (Å²) in [7, 11) is -3.12. The van der Waals surface area contributed by atoms with Gasteiger partial charge in [-0.1, -0.05) is 6.92 Å². The first-order valence-electron chi connectivity index (χ1n) is 4.76. The van der Waals surface area contributed by atoms with Crippen molar-refractivity contribution in [1.82, 2.24) is 10.6 Å². The number of aliphatic carboxylic acids is 1. The van der Waals surface area contributed by atoms with Gasteiger partial charge < -0.3 is 15.7 Å². The summed E-state index contributed by atoms with van der Waals surface area (Å²) in [6.07, 6.45) is 0. The third-order valence-corrected chi connectivity index (χ3v) is 3.56. The number of carbonyl (C=O) groups excluding carboxylic acids is 1. The number of carboxylic acid groups (broad SMARTS) is 1. The minimum absolute atomic E-state index is 0.0157. The monoisotopic (exact) mass is 252 g/mol. The maximum absolute atomic E-state index is 11.1. The molecule has 0 aliphatic carbocycles. The molecule has 0 aliphatic heterocycles. The largest absolute Gasteiger partial charge is 0.480 e. The lowest BCUT2D eigenvalue weighted by Crippen LogP contribution is -2.45. The first kappa shape index (κ1) is 14.7. The zero-order valence-corrected chi connectivity index (χ0v) is 10.0. The van der Waals surface area contributed by atoms with E-state index in [0.717, 1.165) is 0 Å². The summed E-state index contributed by atoms with van der Waals surface area (Å²) in [5, 5.41) is 12.9. The van der Waals surface area contributed by atoms with Crippen LogP contribution in [0, 0.1) is 0 Å². The molecule has 0 bridgehead atoms. The molecule has 0 aromatic heterocycles. The highest BCUT2D eigenvalue weighted by molar-refractivity contribution is 7.91. The molecule has 1 atom stereocenters. The lowest BCUT2D eigenvalue weighted by molar-refractivity contribution is -0.138. The van der Waals surface area contributed by atoms with Gasteiger partial charge in [-0.25, -0.2) is 13.2 Å². The van der Waals surface area contributed by atoms with Crippen molar-refractivity contribution in [2.24, 2.45) is 0 Å². The van der Waals surface area contributed by atoms with Crippen molar-refractivity contribution >= 4 is 21.8 Å². The van der Waals surface area contributed by atoms with Crippen LogP contribution in [0.2, 0.25) is 0 Å². The quantitative estimate of drug-likeness (QED) is 0.572. The second-order valence-corrected chi connectivity index (χ2v) is 5.67. The van der Waals surface area contributed by atoms with Crippen molar-refractivity contribution in [2.75, 3.05) is 18.1 Å². The van der Waals surface area contributed by atoms with Crippen molar-refractivity contribution in [3.05, 3.63) is 0 Å². The summed E-state index contributed by atoms with van der Waals surface area (Å²) in [6, 6.07) is -1.70. The van der Waals surface area contributed by atoms with Crippen molar-refractivity contribution in [3.8, 4) is 0 Å². The number of urea groups is 1. The Balaban J connectivity index is 3.88. The Bertz CT molecular complexity index is 351. The summed E-state index contributed by atoms with van der Waals surface area (Å²) in [5.41, 5.74) is 0. The molecular formula is C8H16N2O5S. The number of carboxylic acids is 1. The maximum Gasteiger partial charge on any atom is 0.325 e. The first-order chi connectivity index (χ1) is 7.28. The topological polar surface area (TPSA) is 113 Å². The van der Waals surface area contributed by atoms with Gasteiger partial charge in [-0.05, 0) is 6.92 Å². The molecule has 0 saturated carbocycles. The third kappa shape index (κ3) is 6.23. The molecule has 8 heteroatoms. The molecule has 0 spiro atoms. The summed E-state index contributed by atoms with van der Waals surface area (Å²) >= 11 is 0. The molecule has 0 rings (SSSR count). The average molecular weight is 252 g/mol. The Morgan fingerprint density at radius 1 is 1.38 bits per heavy atom. The van der Waals surface area contributed by atoms with Gasteiger partial charge in [0.25, 0.3) is 0 Å². The lowest BCUT2D eigenvalue weighted by atomic mass is 10.3. The van der Waals surface area contributed by atoms with Gasteiger partial charge in [0.05, 0.1) is 5.75 Å². The number of hydrogen-bond acceptors (Lipinski definition) is 4. The molecule has 94 valence electrons. The molecule has 0 radical (unpaired) electrons. The van der Waals surface area contributed by atoms with Crippen LogP contribution in [-0.2, 0) is 14.6 Å². The predicted molar refractivity (Wildman–Crippen MR) is 58.0 cm³/mol. The number of nitrogens with one attached hydrogen (secondary N) is 2. The van der Waals surface area contributed by atoms with Crippen molar-refractivity contribution in [3.63, 3.8) is 0 Å². The standard InChI is InChI=1S/C8H16N2O5S/c1-3-16(14,15)5-4-9-8(13)10-6(2)7(11)12/h6H,3-5H2,1-2H3,(H,11,12)(H2,9,10,13)/t6-/m0/s1. The van der Waals surface area contributed by atoms with E-state index >= 15 is 0 Å².